The first kappa shape index (κ1) is 25.4. The molecular weight excluding hydrogens is 375 g/mol. The predicted molar refractivity (Wildman–Crippen MR) is 109 cm³/mol. The number of ether oxygens (including phenoxy) is 2. The van der Waals surface area contributed by atoms with Crippen molar-refractivity contribution in [1.82, 2.24) is 0 Å². The first-order valence-corrected chi connectivity index (χ1v) is 10.5. The third-order valence-corrected chi connectivity index (χ3v) is 5.43. The second kappa shape index (κ2) is 12.0. The van der Waals surface area contributed by atoms with Crippen LogP contribution >= 0.6 is 23.5 Å². The second-order valence-corrected chi connectivity index (χ2v) is 9.03. The maximum atomic E-state index is 14.3. The van der Waals surface area contributed by atoms with Crippen molar-refractivity contribution in [2.75, 3.05) is 24.7 Å². The molecule has 0 radical (unpaired) electrons. The highest BCUT2D eigenvalue weighted by molar-refractivity contribution is 8.14. The van der Waals surface area contributed by atoms with Gasteiger partial charge in [0.05, 0.1) is 18.8 Å². The number of thioether (sulfide) groups is 2. The highest BCUT2D eigenvalue weighted by Gasteiger charge is 2.25. The lowest BCUT2D eigenvalue weighted by molar-refractivity contribution is -0.153. The third kappa shape index (κ3) is 12.7. The minimum atomic E-state index is -1.81. The summed E-state index contributed by atoms with van der Waals surface area (Å²) in [5.74, 6) is -0.840. The van der Waals surface area contributed by atoms with Gasteiger partial charge >= 0.3 is 0 Å². The number of alkyl halides is 1. The van der Waals surface area contributed by atoms with Gasteiger partial charge in [0.15, 0.2) is 0 Å². The van der Waals surface area contributed by atoms with Crippen LogP contribution in [0.3, 0.4) is 0 Å². The summed E-state index contributed by atoms with van der Waals surface area (Å²) in [7, 11) is 0. The van der Waals surface area contributed by atoms with Crippen LogP contribution < -0.4 is 0 Å². The van der Waals surface area contributed by atoms with Crippen molar-refractivity contribution in [3.8, 4) is 0 Å². The van der Waals surface area contributed by atoms with E-state index >= 15 is 0 Å². The molecule has 0 heterocycles. The fourth-order valence-electron chi connectivity index (χ4n) is 1.68. The van der Waals surface area contributed by atoms with Gasteiger partial charge in [-0.15, -0.1) is 0 Å². The Morgan fingerprint density at radius 3 is 1.77 bits per heavy atom. The molecule has 150 valence electrons. The largest absolute Gasteiger partial charge is 0.373 e. The van der Waals surface area contributed by atoms with Gasteiger partial charge in [-0.3, -0.25) is 9.59 Å². The Bertz CT molecular complexity index is 470. The maximum Gasteiger partial charge on any atom is 0.214 e. The van der Waals surface area contributed by atoms with Crippen molar-refractivity contribution in [2.24, 2.45) is 0 Å². The van der Waals surface area contributed by atoms with Gasteiger partial charge in [0, 0.05) is 17.9 Å². The molecule has 4 nitrogen and oxygen atoms in total. The molecule has 0 N–H and O–H groups in total. The molecule has 1 unspecified atom stereocenters. The van der Waals surface area contributed by atoms with Crippen LogP contribution in [0.25, 0.3) is 0 Å². The van der Waals surface area contributed by atoms with Crippen LogP contribution in [0.4, 0.5) is 4.39 Å². The topological polar surface area (TPSA) is 52.6 Å². The van der Waals surface area contributed by atoms with E-state index in [-0.39, 0.29) is 29.9 Å². The highest BCUT2D eigenvalue weighted by atomic mass is 32.2. The lowest BCUT2D eigenvalue weighted by Crippen LogP contribution is -2.30. The quantitative estimate of drug-likeness (QED) is 0.319. The molecule has 0 bridgehead atoms. The Balaban J connectivity index is 3.99. The van der Waals surface area contributed by atoms with Crippen LogP contribution in [-0.2, 0) is 19.1 Å². The van der Waals surface area contributed by atoms with E-state index in [0.717, 1.165) is 11.8 Å². The summed E-state index contributed by atoms with van der Waals surface area (Å²) in [6.07, 6.45) is 0.795. The number of rotatable bonds is 13. The van der Waals surface area contributed by atoms with Gasteiger partial charge in [-0.05, 0) is 52.2 Å². The summed E-state index contributed by atoms with van der Waals surface area (Å²) in [6, 6.07) is 0. The molecule has 0 aliphatic carbocycles. The van der Waals surface area contributed by atoms with Gasteiger partial charge in [-0.1, -0.05) is 36.7 Å². The molecule has 0 aromatic carbocycles. The van der Waals surface area contributed by atoms with Gasteiger partial charge in [-0.2, -0.15) is 0 Å². The van der Waals surface area contributed by atoms with Crippen LogP contribution in [-0.4, -0.2) is 46.4 Å². The first-order valence-electron chi connectivity index (χ1n) is 8.48. The van der Waals surface area contributed by atoms with Crippen molar-refractivity contribution in [2.45, 2.75) is 58.9 Å². The van der Waals surface area contributed by atoms with Crippen LogP contribution in [0.5, 0.6) is 0 Å². The summed E-state index contributed by atoms with van der Waals surface area (Å²) < 4.78 is 25.2. The average molecular weight is 407 g/mol. The van der Waals surface area contributed by atoms with E-state index in [1.807, 2.05) is 13.8 Å². The summed E-state index contributed by atoms with van der Waals surface area (Å²) in [5, 5.41) is -0.144. The van der Waals surface area contributed by atoms with Crippen molar-refractivity contribution >= 4 is 33.8 Å². The number of halogens is 1. The van der Waals surface area contributed by atoms with Crippen LogP contribution in [0.2, 0.25) is 0 Å². The fraction of sp³-hybridized carbons (Fsp3) is 0.684. The lowest BCUT2D eigenvalue weighted by Gasteiger charge is -2.26. The number of carbonyl (C=O) groups is 2. The Morgan fingerprint density at radius 1 is 0.885 bits per heavy atom. The molecule has 0 saturated heterocycles. The van der Waals surface area contributed by atoms with E-state index in [1.165, 1.54) is 18.7 Å². The minimum Gasteiger partial charge on any atom is -0.373 e. The molecule has 26 heavy (non-hydrogen) atoms. The van der Waals surface area contributed by atoms with Crippen molar-refractivity contribution in [1.29, 1.82) is 0 Å². The van der Waals surface area contributed by atoms with Gasteiger partial charge in [0.25, 0.3) is 0 Å². The molecule has 7 heteroatoms. The average Bonchev–Trinajstić information content (AvgIpc) is 2.50. The zero-order valence-electron chi connectivity index (χ0n) is 16.5. The van der Waals surface area contributed by atoms with Crippen LogP contribution in [0, 0.1) is 0 Å². The van der Waals surface area contributed by atoms with Gasteiger partial charge in [0.2, 0.25) is 16.1 Å². The van der Waals surface area contributed by atoms with Gasteiger partial charge in [-0.25, -0.2) is 4.39 Å². The zero-order chi connectivity index (χ0) is 20.4. The van der Waals surface area contributed by atoms with Crippen molar-refractivity contribution in [3.63, 3.8) is 0 Å². The Morgan fingerprint density at radius 2 is 1.31 bits per heavy atom. The van der Waals surface area contributed by atoms with E-state index in [2.05, 4.69) is 13.2 Å². The van der Waals surface area contributed by atoms with E-state index in [0.29, 0.717) is 29.1 Å². The molecule has 0 aliphatic rings. The minimum absolute atomic E-state index is 0.0136. The Kier molecular flexibility index (Phi) is 11.7. The summed E-state index contributed by atoms with van der Waals surface area (Å²) in [4.78, 5) is 22.9. The highest BCUT2D eigenvalue weighted by Crippen LogP contribution is 2.23. The van der Waals surface area contributed by atoms with Crippen LogP contribution in [0.15, 0.2) is 24.3 Å². The number of carbonyl (C=O) groups excluding carboxylic acids is 2. The van der Waals surface area contributed by atoms with E-state index in [1.54, 1.807) is 13.8 Å². The summed E-state index contributed by atoms with van der Waals surface area (Å²) >= 11 is 2.26. The molecule has 0 fully saturated rings. The molecule has 0 rings (SSSR count). The maximum absolute atomic E-state index is 14.3. The lowest BCUT2D eigenvalue weighted by atomic mass is 10.1. The Labute approximate surface area is 165 Å². The molecule has 0 spiro atoms. The molecule has 0 saturated carbocycles. The van der Waals surface area contributed by atoms with Gasteiger partial charge in [0.1, 0.15) is 0 Å². The number of hydrogen-bond donors (Lipinski definition) is 0. The monoisotopic (exact) mass is 406 g/mol. The Hall–Kier alpha value is -0.630. The van der Waals surface area contributed by atoms with Gasteiger partial charge < -0.3 is 9.47 Å². The normalized spacial score (nSPS) is 13.9. The van der Waals surface area contributed by atoms with E-state index in [4.69, 9.17) is 9.47 Å². The molecule has 0 aromatic heterocycles. The van der Waals surface area contributed by atoms with Crippen LogP contribution in [0.1, 0.15) is 47.5 Å². The fourth-order valence-corrected chi connectivity index (χ4v) is 3.60. The van der Waals surface area contributed by atoms with Crippen molar-refractivity contribution in [3.05, 3.63) is 24.3 Å². The SMILES string of the molecule is C=C(C)C(=O)SCCC(C)(C)OCCOC(C)(F)CCSC(=O)C(=C)C. The molecule has 0 aliphatic heterocycles. The zero-order valence-corrected chi connectivity index (χ0v) is 18.1. The van der Waals surface area contributed by atoms with E-state index in [9.17, 15) is 14.0 Å². The first-order chi connectivity index (χ1) is 11.9. The third-order valence-electron chi connectivity index (χ3n) is 3.40. The molecule has 0 amide bonds. The number of hydrogen-bond acceptors (Lipinski definition) is 6. The van der Waals surface area contributed by atoms with E-state index < -0.39 is 11.5 Å². The molecule has 1 atom stereocenters. The summed E-state index contributed by atoms with van der Waals surface area (Å²) in [6.45, 7) is 16.1. The molecular formula is C19H31FO4S2. The summed E-state index contributed by atoms with van der Waals surface area (Å²) in [5.41, 5.74) is 0.560. The molecule has 0 aromatic rings. The predicted octanol–water partition coefficient (Wildman–Crippen LogP) is 4.94. The standard InChI is InChI=1S/C19H31FO4S2/c1-14(2)16(21)25-12-8-18(5,6)23-10-11-24-19(7,20)9-13-26-17(22)15(3)4/h1,3,8-13H2,2,4-7H3. The second-order valence-electron chi connectivity index (χ2n) is 6.89. The van der Waals surface area contributed by atoms with Crippen molar-refractivity contribution < 1.29 is 23.5 Å². The smallest absolute Gasteiger partial charge is 0.214 e.